The molecule has 1 atom stereocenters. The standard InChI is InChI=1S/C12H20F3NO3S/c1-10(2,3)20(18,19)7-4-9(17)11(12(13,14)15)5-6-16-8-11/h16H,4-8H2,1-3H3. The minimum absolute atomic E-state index is 0.108. The topological polar surface area (TPSA) is 63.2 Å². The lowest BCUT2D eigenvalue weighted by atomic mass is 9.80. The van der Waals surface area contributed by atoms with Gasteiger partial charge in [-0.1, -0.05) is 0 Å². The van der Waals surface area contributed by atoms with Gasteiger partial charge in [-0.15, -0.1) is 0 Å². The number of alkyl halides is 3. The van der Waals surface area contributed by atoms with E-state index in [0.29, 0.717) is 0 Å². The molecular formula is C12H20F3NO3S. The van der Waals surface area contributed by atoms with Crippen molar-refractivity contribution in [3.05, 3.63) is 0 Å². The Balaban J connectivity index is 2.86. The molecule has 0 aliphatic carbocycles. The van der Waals surface area contributed by atoms with E-state index in [0.717, 1.165) is 0 Å². The first kappa shape index (κ1) is 17.4. The number of nitrogens with one attached hydrogen (secondary N) is 1. The molecule has 1 unspecified atom stereocenters. The summed E-state index contributed by atoms with van der Waals surface area (Å²) in [5, 5.41) is 2.54. The number of hydrogen-bond donors (Lipinski definition) is 1. The van der Waals surface area contributed by atoms with Crippen LogP contribution in [0.5, 0.6) is 0 Å². The maximum Gasteiger partial charge on any atom is 0.402 e. The van der Waals surface area contributed by atoms with Crippen LogP contribution >= 0.6 is 0 Å². The molecule has 4 nitrogen and oxygen atoms in total. The maximum atomic E-state index is 13.1. The summed E-state index contributed by atoms with van der Waals surface area (Å²) in [5.74, 6) is -1.59. The van der Waals surface area contributed by atoms with Crippen LogP contribution < -0.4 is 5.32 Å². The highest BCUT2D eigenvalue weighted by molar-refractivity contribution is 7.92. The number of carbonyl (C=O) groups excluding carboxylic acids is 1. The molecule has 0 spiro atoms. The lowest BCUT2D eigenvalue weighted by molar-refractivity contribution is -0.214. The minimum atomic E-state index is -4.65. The predicted molar refractivity (Wildman–Crippen MR) is 69.1 cm³/mol. The largest absolute Gasteiger partial charge is 0.402 e. The van der Waals surface area contributed by atoms with E-state index in [1.807, 2.05) is 0 Å². The second-order valence-corrected chi connectivity index (χ2v) is 8.97. The van der Waals surface area contributed by atoms with Crippen molar-refractivity contribution < 1.29 is 26.4 Å². The van der Waals surface area contributed by atoms with Crippen LogP contribution in [0.3, 0.4) is 0 Å². The van der Waals surface area contributed by atoms with Crippen LogP contribution in [0.4, 0.5) is 13.2 Å². The minimum Gasteiger partial charge on any atom is -0.315 e. The summed E-state index contributed by atoms with van der Waals surface area (Å²) in [4.78, 5) is 12.0. The van der Waals surface area contributed by atoms with Gasteiger partial charge in [0.05, 0.1) is 10.5 Å². The number of sulfone groups is 1. The third-order valence-electron chi connectivity index (χ3n) is 3.76. The second kappa shape index (κ2) is 5.29. The van der Waals surface area contributed by atoms with Gasteiger partial charge in [0.1, 0.15) is 11.2 Å². The fourth-order valence-corrected chi connectivity index (χ4v) is 3.17. The lowest BCUT2D eigenvalue weighted by Crippen LogP contribution is -2.47. The Hall–Kier alpha value is -0.630. The van der Waals surface area contributed by atoms with Crippen molar-refractivity contribution >= 4 is 15.6 Å². The molecule has 20 heavy (non-hydrogen) atoms. The molecule has 1 aliphatic rings. The van der Waals surface area contributed by atoms with Crippen LogP contribution in [0.2, 0.25) is 0 Å². The predicted octanol–water partition coefficient (Wildman–Crippen LogP) is 1.70. The molecule has 0 amide bonds. The van der Waals surface area contributed by atoms with Gasteiger partial charge in [-0.25, -0.2) is 8.42 Å². The smallest absolute Gasteiger partial charge is 0.315 e. The summed E-state index contributed by atoms with van der Waals surface area (Å²) in [6.45, 7) is 4.03. The zero-order chi connectivity index (χ0) is 15.8. The highest BCUT2D eigenvalue weighted by Crippen LogP contribution is 2.44. The molecule has 0 aromatic carbocycles. The van der Waals surface area contributed by atoms with Gasteiger partial charge in [-0.3, -0.25) is 4.79 Å². The Morgan fingerprint density at radius 1 is 1.25 bits per heavy atom. The molecule has 1 fully saturated rings. The number of carbonyl (C=O) groups is 1. The number of Topliss-reactive ketones (excluding diaryl/α,β-unsaturated/α-hetero) is 1. The number of halogens is 3. The third kappa shape index (κ3) is 3.16. The number of hydrogen-bond acceptors (Lipinski definition) is 4. The monoisotopic (exact) mass is 315 g/mol. The molecule has 0 radical (unpaired) electrons. The van der Waals surface area contributed by atoms with Gasteiger partial charge < -0.3 is 5.32 Å². The second-order valence-electron chi connectivity index (χ2n) is 6.11. The van der Waals surface area contributed by atoms with Crippen molar-refractivity contribution in [3.63, 3.8) is 0 Å². The van der Waals surface area contributed by atoms with Gasteiger partial charge in [-0.05, 0) is 33.7 Å². The quantitative estimate of drug-likeness (QED) is 0.858. The number of ketones is 1. The van der Waals surface area contributed by atoms with Gasteiger partial charge in [0, 0.05) is 13.0 Å². The SMILES string of the molecule is CC(C)(C)S(=O)(=O)CCC(=O)C1(C(F)(F)F)CCNC1. The molecule has 0 aromatic rings. The van der Waals surface area contributed by atoms with E-state index in [4.69, 9.17) is 0 Å². The van der Waals surface area contributed by atoms with E-state index in [9.17, 15) is 26.4 Å². The van der Waals surface area contributed by atoms with Gasteiger partial charge in [-0.2, -0.15) is 13.2 Å². The zero-order valence-electron chi connectivity index (χ0n) is 11.8. The first-order valence-electron chi connectivity index (χ1n) is 6.36. The zero-order valence-corrected chi connectivity index (χ0v) is 12.6. The van der Waals surface area contributed by atoms with Crippen molar-refractivity contribution in [2.24, 2.45) is 5.41 Å². The molecule has 1 heterocycles. The molecule has 0 aromatic heterocycles. The Morgan fingerprint density at radius 2 is 1.80 bits per heavy atom. The molecule has 1 rings (SSSR count). The van der Waals surface area contributed by atoms with Gasteiger partial charge in [0.25, 0.3) is 0 Å². The molecule has 1 aliphatic heterocycles. The summed E-state index contributed by atoms with van der Waals surface area (Å²) in [7, 11) is -3.60. The van der Waals surface area contributed by atoms with Crippen LogP contribution in [-0.2, 0) is 14.6 Å². The van der Waals surface area contributed by atoms with E-state index in [1.54, 1.807) is 0 Å². The maximum absolute atomic E-state index is 13.1. The third-order valence-corrected chi connectivity index (χ3v) is 6.37. The van der Waals surface area contributed by atoms with Crippen LogP contribution in [0.1, 0.15) is 33.6 Å². The summed E-state index contributed by atoms with van der Waals surface area (Å²) < 4.78 is 62.0. The van der Waals surface area contributed by atoms with E-state index in [1.165, 1.54) is 20.8 Å². The summed E-state index contributed by atoms with van der Waals surface area (Å²) in [6, 6.07) is 0. The van der Waals surface area contributed by atoms with Crippen molar-refractivity contribution in [2.45, 2.75) is 44.5 Å². The fraction of sp³-hybridized carbons (Fsp3) is 0.917. The average molecular weight is 315 g/mol. The highest BCUT2D eigenvalue weighted by atomic mass is 32.2. The fourth-order valence-electron chi connectivity index (χ4n) is 2.10. The Bertz CT molecular complexity index is 471. The van der Waals surface area contributed by atoms with Crippen molar-refractivity contribution in [3.8, 4) is 0 Å². The average Bonchev–Trinajstić information content (AvgIpc) is 2.73. The van der Waals surface area contributed by atoms with Crippen LogP contribution in [0.25, 0.3) is 0 Å². The van der Waals surface area contributed by atoms with Crippen molar-refractivity contribution in [2.75, 3.05) is 18.8 Å². The van der Waals surface area contributed by atoms with Gasteiger partial charge in [0.15, 0.2) is 9.84 Å². The first-order valence-corrected chi connectivity index (χ1v) is 8.02. The molecule has 0 saturated carbocycles. The van der Waals surface area contributed by atoms with Crippen LogP contribution in [-0.4, -0.2) is 44.0 Å². The normalized spacial score (nSPS) is 24.9. The van der Waals surface area contributed by atoms with E-state index >= 15 is 0 Å². The van der Waals surface area contributed by atoms with E-state index < -0.39 is 50.7 Å². The van der Waals surface area contributed by atoms with Crippen LogP contribution in [0, 0.1) is 5.41 Å². The number of rotatable bonds is 4. The molecule has 1 saturated heterocycles. The van der Waals surface area contributed by atoms with Gasteiger partial charge >= 0.3 is 6.18 Å². The molecular weight excluding hydrogens is 295 g/mol. The van der Waals surface area contributed by atoms with Gasteiger partial charge in [0.2, 0.25) is 0 Å². The summed E-state index contributed by atoms with van der Waals surface area (Å²) >= 11 is 0. The Labute approximate surface area is 117 Å². The van der Waals surface area contributed by atoms with E-state index in [2.05, 4.69) is 5.32 Å². The Kier molecular flexibility index (Phi) is 4.61. The highest BCUT2D eigenvalue weighted by Gasteiger charge is 2.60. The van der Waals surface area contributed by atoms with Crippen molar-refractivity contribution in [1.29, 1.82) is 0 Å². The molecule has 1 N–H and O–H groups in total. The lowest BCUT2D eigenvalue weighted by Gasteiger charge is -2.29. The Morgan fingerprint density at radius 3 is 2.15 bits per heavy atom. The molecule has 118 valence electrons. The first-order chi connectivity index (χ1) is 8.83. The summed E-state index contributed by atoms with van der Waals surface area (Å²) in [6.07, 6.45) is -5.58. The molecule has 0 bridgehead atoms. The van der Waals surface area contributed by atoms with Crippen molar-refractivity contribution in [1.82, 2.24) is 5.32 Å². The summed E-state index contributed by atoms with van der Waals surface area (Å²) in [5.41, 5.74) is -2.43. The molecule has 8 heteroatoms. The van der Waals surface area contributed by atoms with Crippen LogP contribution in [0.15, 0.2) is 0 Å². The van der Waals surface area contributed by atoms with E-state index in [-0.39, 0.29) is 13.0 Å².